The Morgan fingerprint density at radius 3 is 2.00 bits per heavy atom. The van der Waals surface area contributed by atoms with Crippen LogP contribution in [0.5, 0.6) is 0 Å². The highest BCUT2D eigenvalue weighted by Gasteiger charge is 2.46. The largest absolute Gasteiger partial charge is 0.507 e. The minimum atomic E-state index is -0.923. The number of para-hydroxylation sites is 1. The van der Waals surface area contributed by atoms with E-state index in [1.807, 2.05) is 0 Å². The van der Waals surface area contributed by atoms with Crippen LogP contribution in [0.2, 0.25) is 0 Å². The van der Waals surface area contributed by atoms with Crippen molar-refractivity contribution in [3.05, 3.63) is 112 Å². The number of carbonyl (C=O) groups excluding carboxylic acids is 2. The van der Waals surface area contributed by atoms with Crippen LogP contribution in [0.25, 0.3) is 5.76 Å². The number of hydrogen-bond acceptors (Lipinski definition) is 5. The fourth-order valence-electron chi connectivity index (χ4n) is 3.53. The quantitative estimate of drug-likeness (QED) is 0.232. The molecule has 4 rings (SSSR count). The lowest BCUT2D eigenvalue weighted by Crippen LogP contribution is -2.29. The molecular weight excluding hydrogens is 384 g/mol. The smallest absolute Gasteiger partial charge is 0.300 e. The number of nitro groups is 1. The van der Waals surface area contributed by atoms with Crippen molar-refractivity contribution >= 4 is 28.8 Å². The molecule has 7 nitrogen and oxygen atoms in total. The first-order valence-corrected chi connectivity index (χ1v) is 9.15. The van der Waals surface area contributed by atoms with Crippen molar-refractivity contribution in [3.8, 4) is 0 Å². The Hall–Kier alpha value is -4.26. The van der Waals surface area contributed by atoms with Crippen LogP contribution in [0.15, 0.2) is 90.5 Å². The summed E-state index contributed by atoms with van der Waals surface area (Å²) in [4.78, 5) is 37.7. The van der Waals surface area contributed by atoms with E-state index < -0.39 is 22.7 Å². The van der Waals surface area contributed by atoms with Crippen LogP contribution in [-0.2, 0) is 9.59 Å². The summed E-state index contributed by atoms with van der Waals surface area (Å²) < 4.78 is 0. The molecule has 1 aliphatic rings. The first-order chi connectivity index (χ1) is 14.5. The summed E-state index contributed by atoms with van der Waals surface area (Å²) >= 11 is 0. The lowest BCUT2D eigenvalue weighted by Gasteiger charge is -2.25. The number of ketones is 1. The van der Waals surface area contributed by atoms with E-state index in [1.54, 1.807) is 60.7 Å². The van der Waals surface area contributed by atoms with E-state index in [0.29, 0.717) is 16.8 Å². The van der Waals surface area contributed by atoms with Crippen LogP contribution in [0.3, 0.4) is 0 Å². The average molecular weight is 400 g/mol. The Balaban J connectivity index is 1.93. The molecule has 0 spiro atoms. The topological polar surface area (TPSA) is 101 Å². The third-order valence-corrected chi connectivity index (χ3v) is 4.95. The number of carbonyl (C=O) groups is 2. The van der Waals surface area contributed by atoms with Crippen molar-refractivity contribution in [2.24, 2.45) is 0 Å². The van der Waals surface area contributed by atoms with Gasteiger partial charge < -0.3 is 5.11 Å². The summed E-state index contributed by atoms with van der Waals surface area (Å²) in [5.41, 5.74) is 1.18. The van der Waals surface area contributed by atoms with Crippen molar-refractivity contribution in [2.75, 3.05) is 4.90 Å². The van der Waals surface area contributed by atoms with Crippen LogP contribution < -0.4 is 4.90 Å². The second kappa shape index (κ2) is 7.63. The van der Waals surface area contributed by atoms with E-state index in [0.717, 1.165) is 0 Å². The molecule has 3 aromatic rings. The molecule has 0 aliphatic carbocycles. The first-order valence-electron chi connectivity index (χ1n) is 9.15. The zero-order valence-corrected chi connectivity index (χ0v) is 15.6. The zero-order valence-electron chi connectivity index (χ0n) is 15.6. The van der Waals surface area contributed by atoms with Gasteiger partial charge >= 0.3 is 0 Å². The van der Waals surface area contributed by atoms with Gasteiger partial charge in [-0.05, 0) is 29.8 Å². The standard InChI is InChI=1S/C23H16N2O5/c26-21(16-7-3-1-4-8-16)19-20(15-11-13-18(14-12-15)25(29)30)24(23(28)22(19)27)17-9-5-2-6-10-17/h1-14,20,26H/b21-19+. The number of hydrogen-bond donors (Lipinski definition) is 1. The Morgan fingerprint density at radius 1 is 0.867 bits per heavy atom. The minimum absolute atomic E-state index is 0.0658. The minimum Gasteiger partial charge on any atom is -0.507 e. The molecule has 30 heavy (non-hydrogen) atoms. The predicted octanol–water partition coefficient (Wildman–Crippen LogP) is 4.22. The Labute approximate surface area is 171 Å². The fourth-order valence-corrected chi connectivity index (χ4v) is 3.53. The molecule has 0 saturated carbocycles. The number of Topliss-reactive ketones (excluding diaryl/α,β-unsaturated/α-hetero) is 1. The Morgan fingerprint density at radius 2 is 1.43 bits per heavy atom. The van der Waals surface area contributed by atoms with Gasteiger partial charge in [0, 0.05) is 23.4 Å². The maximum atomic E-state index is 12.9. The molecule has 1 heterocycles. The van der Waals surface area contributed by atoms with Gasteiger partial charge in [-0.2, -0.15) is 0 Å². The van der Waals surface area contributed by atoms with Gasteiger partial charge in [-0.15, -0.1) is 0 Å². The van der Waals surface area contributed by atoms with Gasteiger partial charge in [-0.25, -0.2) is 0 Å². The predicted molar refractivity (Wildman–Crippen MR) is 111 cm³/mol. The number of rotatable bonds is 4. The van der Waals surface area contributed by atoms with Gasteiger partial charge in [0.1, 0.15) is 5.76 Å². The van der Waals surface area contributed by atoms with Crippen LogP contribution in [0.1, 0.15) is 17.2 Å². The SMILES string of the molecule is O=C1C(=O)N(c2ccccc2)C(c2ccc([N+](=O)[O-])cc2)/C1=C(\O)c1ccccc1. The molecule has 1 saturated heterocycles. The number of anilines is 1. The molecule has 1 atom stereocenters. The maximum Gasteiger partial charge on any atom is 0.300 e. The molecule has 1 aliphatic heterocycles. The summed E-state index contributed by atoms with van der Waals surface area (Å²) in [6.45, 7) is 0. The molecule has 3 aromatic carbocycles. The van der Waals surface area contributed by atoms with Gasteiger partial charge in [0.25, 0.3) is 17.4 Å². The number of nitro benzene ring substituents is 1. The number of amides is 1. The number of non-ortho nitro benzene ring substituents is 1. The molecule has 1 unspecified atom stereocenters. The molecule has 148 valence electrons. The monoisotopic (exact) mass is 400 g/mol. The van der Waals surface area contributed by atoms with Crippen molar-refractivity contribution < 1.29 is 19.6 Å². The van der Waals surface area contributed by atoms with E-state index in [9.17, 15) is 24.8 Å². The summed E-state index contributed by atoms with van der Waals surface area (Å²) in [6.07, 6.45) is 0. The van der Waals surface area contributed by atoms with E-state index >= 15 is 0 Å². The van der Waals surface area contributed by atoms with E-state index in [4.69, 9.17) is 0 Å². The summed E-state index contributed by atoms with van der Waals surface area (Å²) in [6, 6.07) is 21.8. The number of benzene rings is 3. The second-order valence-electron chi connectivity index (χ2n) is 6.72. The number of nitrogens with zero attached hydrogens (tertiary/aromatic N) is 2. The summed E-state index contributed by atoms with van der Waals surface area (Å²) in [7, 11) is 0. The van der Waals surface area contributed by atoms with Crippen molar-refractivity contribution in [2.45, 2.75) is 6.04 Å². The molecule has 1 N–H and O–H groups in total. The van der Waals surface area contributed by atoms with Crippen LogP contribution >= 0.6 is 0 Å². The second-order valence-corrected chi connectivity index (χ2v) is 6.72. The van der Waals surface area contributed by atoms with Crippen LogP contribution in [0, 0.1) is 10.1 Å². The molecule has 0 radical (unpaired) electrons. The lowest BCUT2D eigenvalue weighted by molar-refractivity contribution is -0.384. The van der Waals surface area contributed by atoms with E-state index in [1.165, 1.54) is 29.2 Å². The summed E-state index contributed by atoms with van der Waals surface area (Å²) in [5, 5.41) is 21.9. The van der Waals surface area contributed by atoms with Crippen molar-refractivity contribution in [1.29, 1.82) is 0 Å². The maximum absolute atomic E-state index is 12.9. The van der Waals surface area contributed by atoms with Gasteiger partial charge in [0.15, 0.2) is 0 Å². The molecule has 0 aromatic heterocycles. The van der Waals surface area contributed by atoms with Gasteiger partial charge in [-0.3, -0.25) is 24.6 Å². The Kier molecular flexibility index (Phi) is 4.85. The Bertz CT molecular complexity index is 1160. The number of aliphatic hydroxyl groups excluding tert-OH is 1. The zero-order chi connectivity index (χ0) is 21.3. The van der Waals surface area contributed by atoms with Gasteiger partial charge in [0.2, 0.25) is 0 Å². The molecule has 1 fully saturated rings. The lowest BCUT2D eigenvalue weighted by atomic mass is 9.95. The first kappa shape index (κ1) is 19.1. The normalized spacial score (nSPS) is 17.9. The third kappa shape index (κ3) is 3.22. The van der Waals surface area contributed by atoms with Gasteiger partial charge in [0.05, 0.1) is 16.5 Å². The highest BCUT2D eigenvalue weighted by Crippen LogP contribution is 2.42. The van der Waals surface area contributed by atoms with E-state index in [2.05, 4.69) is 0 Å². The highest BCUT2D eigenvalue weighted by atomic mass is 16.6. The molecule has 1 amide bonds. The molecular formula is C23H16N2O5. The highest BCUT2D eigenvalue weighted by molar-refractivity contribution is 6.51. The summed E-state index contributed by atoms with van der Waals surface area (Å²) in [5.74, 6) is -1.89. The molecule has 0 bridgehead atoms. The van der Waals surface area contributed by atoms with Crippen LogP contribution in [-0.4, -0.2) is 21.7 Å². The third-order valence-electron chi connectivity index (χ3n) is 4.95. The van der Waals surface area contributed by atoms with Crippen LogP contribution in [0.4, 0.5) is 11.4 Å². The van der Waals surface area contributed by atoms with E-state index in [-0.39, 0.29) is 17.0 Å². The fraction of sp³-hybridized carbons (Fsp3) is 0.0435. The molecule has 7 heteroatoms. The van der Waals surface area contributed by atoms with Gasteiger partial charge in [-0.1, -0.05) is 48.5 Å². The van der Waals surface area contributed by atoms with Crippen molar-refractivity contribution in [3.63, 3.8) is 0 Å². The average Bonchev–Trinajstić information content (AvgIpc) is 3.05. The number of aliphatic hydroxyl groups is 1. The van der Waals surface area contributed by atoms with Crippen molar-refractivity contribution in [1.82, 2.24) is 0 Å².